The number of amides is 1. The van der Waals surface area contributed by atoms with Crippen molar-refractivity contribution in [2.75, 3.05) is 39.0 Å². The summed E-state index contributed by atoms with van der Waals surface area (Å²) in [5.74, 6) is 1.03. The van der Waals surface area contributed by atoms with Gasteiger partial charge in [-0.1, -0.05) is 50.2 Å². The lowest BCUT2D eigenvalue weighted by molar-refractivity contribution is 0.0664. The molecule has 0 aliphatic carbocycles. The summed E-state index contributed by atoms with van der Waals surface area (Å²) < 4.78 is 0. The zero-order valence-corrected chi connectivity index (χ0v) is 18.5. The number of nitrogen functional groups attached to an aromatic ring is 1. The molecule has 5 heteroatoms. The number of carbonyl (C=O) groups is 1. The Balaban J connectivity index is 1.65. The van der Waals surface area contributed by atoms with Crippen LogP contribution >= 0.6 is 0 Å². The van der Waals surface area contributed by atoms with Gasteiger partial charge in [0.05, 0.1) is 0 Å². The number of hydrogen-bond donors (Lipinski definition) is 1. The normalized spacial score (nSPS) is 14.8. The maximum absolute atomic E-state index is 13.0. The quantitative estimate of drug-likeness (QED) is 0.682. The molecule has 3 aromatic rings. The lowest BCUT2D eigenvalue weighted by Crippen LogP contribution is -2.47. The number of pyridine rings is 1. The summed E-state index contributed by atoms with van der Waals surface area (Å²) in [6.45, 7) is 7.71. The van der Waals surface area contributed by atoms with E-state index in [2.05, 4.69) is 61.1 Å². The van der Waals surface area contributed by atoms with Gasteiger partial charge in [-0.05, 0) is 47.9 Å². The summed E-state index contributed by atoms with van der Waals surface area (Å²) in [7, 11) is 2.09. The zero-order valence-electron chi connectivity index (χ0n) is 18.5. The highest BCUT2D eigenvalue weighted by atomic mass is 16.2. The molecule has 0 saturated carbocycles. The van der Waals surface area contributed by atoms with E-state index < -0.39 is 0 Å². The number of nitrogens with zero attached hydrogens (tertiary/aromatic N) is 3. The number of anilines is 1. The first-order valence-corrected chi connectivity index (χ1v) is 10.9. The van der Waals surface area contributed by atoms with Crippen molar-refractivity contribution in [3.63, 3.8) is 0 Å². The molecule has 1 amide bonds. The summed E-state index contributed by atoms with van der Waals surface area (Å²) in [5.41, 5.74) is 12.1. The summed E-state index contributed by atoms with van der Waals surface area (Å²) in [4.78, 5) is 21.6. The molecule has 0 unspecified atom stereocenters. The highest BCUT2D eigenvalue weighted by Gasteiger charge is 2.20. The molecule has 31 heavy (non-hydrogen) atoms. The van der Waals surface area contributed by atoms with Gasteiger partial charge in [-0.2, -0.15) is 0 Å². The Labute approximate surface area is 184 Å². The molecule has 0 spiro atoms. The van der Waals surface area contributed by atoms with E-state index >= 15 is 0 Å². The van der Waals surface area contributed by atoms with E-state index in [-0.39, 0.29) is 5.91 Å². The number of likely N-dealkylation sites (N-methyl/N-ethyl adjacent to an activating group) is 1. The fourth-order valence-electron chi connectivity index (χ4n) is 3.95. The monoisotopic (exact) mass is 414 g/mol. The van der Waals surface area contributed by atoms with Gasteiger partial charge < -0.3 is 15.5 Å². The number of benzene rings is 2. The highest BCUT2D eigenvalue weighted by Crippen LogP contribution is 2.31. The van der Waals surface area contributed by atoms with Gasteiger partial charge in [0.15, 0.2) is 0 Å². The van der Waals surface area contributed by atoms with Gasteiger partial charge in [-0.15, -0.1) is 0 Å². The maximum Gasteiger partial charge on any atom is 0.253 e. The van der Waals surface area contributed by atoms with Crippen LogP contribution in [0.25, 0.3) is 22.3 Å². The van der Waals surface area contributed by atoms with Gasteiger partial charge in [0.25, 0.3) is 5.91 Å². The fourth-order valence-corrected chi connectivity index (χ4v) is 3.95. The molecule has 0 radical (unpaired) electrons. The van der Waals surface area contributed by atoms with Gasteiger partial charge in [0.1, 0.15) is 5.82 Å². The minimum absolute atomic E-state index is 0.0863. The molecule has 4 rings (SSSR count). The van der Waals surface area contributed by atoms with Crippen LogP contribution in [-0.4, -0.2) is 53.9 Å². The number of piperazine rings is 1. The van der Waals surface area contributed by atoms with Crippen LogP contribution in [0, 0.1) is 0 Å². The first-order chi connectivity index (χ1) is 14.9. The van der Waals surface area contributed by atoms with Crippen molar-refractivity contribution < 1.29 is 4.79 Å². The van der Waals surface area contributed by atoms with Gasteiger partial charge in [-0.3, -0.25) is 4.79 Å². The van der Waals surface area contributed by atoms with Crippen LogP contribution in [-0.2, 0) is 0 Å². The smallest absolute Gasteiger partial charge is 0.253 e. The molecule has 2 aromatic carbocycles. The van der Waals surface area contributed by atoms with E-state index in [0.29, 0.717) is 17.3 Å². The van der Waals surface area contributed by atoms with Crippen LogP contribution < -0.4 is 5.73 Å². The SMILES string of the molecule is CC(C)c1cccc(-c2cc(-c3cccc(C(=O)N4CCN(C)CC4)c3)cnc2N)c1. The van der Waals surface area contributed by atoms with E-state index in [0.717, 1.165) is 48.4 Å². The second kappa shape index (κ2) is 8.90. The third-order valence-electron chi connectivity index (χ3n) is 6.02. The molecular formula is C26H30N4O. The van der Waals surface area contributed by atoms with E-state index in [4.69, 9.17) is 5.73 Å². The molecule has 1 aliphatic rings. The maximum atomic E-state index is 13.0. The molecule has 1 saturated heterocycles. The Morgan fingerprint density at radius 1 is 0.935 bits per heavy atom. The third-order valence-corrected chi connectivity index (χ3v) is 6.02. The second-order valence-electron chi connectivity index (χ2n) is 8.61. The Morgan fingerprint density at radius 2 is 1.65 bits per heavy atom. The molecule has 1 aliphatic heterocycles. The Hall–Kier alpha value is -3.18. The van der Waals surface area contributed by atoms with Crippen LogP contribution in [0.2, 0.25) is 0 Å². The number of aromatic nitrogens is 1. The van der Waals surface area contributed by atoms with Gasteiger partial charge in [0, 0.05) is 49.1 Å². The van der Waals surface area contributed by atoms with Crippen molar-refractivity contribution in [2.45, 2.75) is 19.8 Å². The van der Waals surface area contributed by atoms with Crippen molar-refractivity contribution in [1.82, 2.24) is 14.8 Å². The van der Waals surface area contributed by atoms with Crippen molar-refractivity contribution in [2.24, 2.45) is 0 Å². The lowest BCUT2D eigenvalue weighted by Gasteiger charge is -2.32. The molecule has 0 bridgehead atoms. The van der Waals surface area contributed by atoms with Gasteiger partial charge in [-0.25, -0.2) is 4.98 Å². The second-order valence-corrected chi connectivity index (χ2v) is 8.61. The van der Waals surface area contributed by atoms with Gasteiger partial charge >= 0.3 is 0 Å². The van der Waals surface area contributed by atoms with Gasteiger partial charge in [0.2, 0.25) is 0 Å². The molecule has 0 atom stereocenters. The molecule has 5 nitrogen and oxygen atoms in total. The molecule has 160 valence electrons. The summed E-state index contributed by atoms with van der Waals surface area (Å²) in [5, 5.41) is 0. The third kappa shape index (κ3) is 4.62. The van der Waals surface area contributed by atoms with Crippen LogP contribution in [0.1, 0.15) is 35.7 Å². The minimum Gasteiger partial charge on any atom is -0.383 e. The van der Waals surface area contributed by atoms with Crippen LogP contribution in [0.4, 0.5) is 5.82 Å². The lowest BCUT2D eigenvalue weighted by atomic mass is 9.96. The number of carbonyl (C=O) groups excluding carboxylic acids is 1. The highest BCUT2D eigenvalue weighted by molar-refractivity contribution is 5.95. The standard InChI is InChI=1S/C26H30N4O/c1-18(2)19-6-4-8-21(14-19)24-16-23(17-28-25(24)27)20-7-5-9-22(15-20)26(31)30-12-10-29(3)11-13-30/h4-9,14-18H,10-13H2,1-3H3,(H2,27,28). The van der Waals surface area contributed by atoms with Crippen LogP contribution in [0.15, 0.2) is 60.8 Å². The largest absolute Gasteiger partial charge is 0.383 e. The summed E-state index contributed by atoms with van der Waals surface area (Å²) in [6, 6.07) is 18.3. The molecule has 1 fully saturated rings. The Bertz CT molecular complexity index is 1080. The number of rotatable bonds is 4. The van der Waals surface area contributed by atoms with Crippen molar-refractivity contribution in [1.29, 1.82) is 0 Å². The fraction of sp³-hybridized carbons (Fsp3) is 0.308. The Morgan fingerprint density at radius 3 is 2.39 bits per heavy atom. The topological polar surface area (TPSA) is 62.5 Å². The first-order valence-electron chi connectivity index (χ1n) is 10.9. The summed E-state index contributed by atoms with van der Waals surface area (Å²) >= 11 is 0. The van der Waals surface area contributed by atoms with Crippen molar-refractivity contribution in [3.05, 3.63) is 71.9 Å². The van der Waals surface area contributed by atoms with E-state index in [1.54, 1.807) is 6.20 Å². The van der Waals surface area contributed by atoms with E-state index in [9.17, 15) is 4.79 Å². The minimum atomic E-state index is 0.0863. The molecule has 1 aromatic heterocycles. The van der Waals surface area contributed by atoms with Crippen LogP contribution in [0.5, 0.6) is 0 Å². The predicted octanol–water partition coefficient (Wildman–Crippen LogP) is 4.51. The number of nitrogens with two attached hydrogens (primary N) is 1. The number of hydrogen-bond acceptors (Lipinski definition) is 4. The summed E-state index contributed by atoms with van der Waals surface area (Å²) in [6.07, 6.45) is 1.78. The zero-order chi connectivity index (χ0) is 22.0. The van der Waals surface area contributed by atoms with Crippen LogP contribution in [0.3, 0.4) is 0 Å². The predicted molar refractivity (Wildman–Crippen MR) is 127 cm³/mol. The average Bonchev–Trinajstić information content (AvgIpc) is 2.79. The Kier molecular flexibility index (Phi) is 6.05. The van der Waals surface area contributed by atoms with Crippen molar-refractivity contribution >= 4 is 11.7 Å². The van der Waals surface area contributed by atoms with E-state index in [1.807, 2.05) is 29.2 Å². The first kappa shape index (κ1) is 21.1. The van der Waals surface area contributed by atoms with E-state index in [1.165, 1.54) is 5.56 Å². The molecular weight excluding hydrogens is 384 g/mol. The van der Waals surface area contributed by atoms with Crippen molar-refractivity contribution in [3.8, 4) is 22.3 Å². The average molecular weight is 415 g/mol. The molecule has 2 heterocycles. The molecule has 2 N–H and O–H groups in total.